The first kappa shape index (κ1) is 27.5. The van der Waals surface area contributed by atoms with Crippen LogP contribution >= 0.6 is 15.2 Å². The van der Waals surface area contributed by atoms with Gasteiger partial charge >= 0.3 is 62.0 Å². The molecule has 0 heterocycles. The fourth-order valence-electron chi connectivity index (χ4n) is 1.36. The molecule has 0 spiro atoms. The molecule has 0 saturated carbocycles. The Morgan fingerprint density at radius 1 is 0.667 bits per heavy atom. The minimum atomic E-state index is -5.13. The Morgan fingerprint density at radius 3 is 1.14 bits per heavy atom. The van der Waals surface area contributed by atoms with Gasteiger partial charge in [0.1, 0.15) is 0 Å². The van der Waals surface area contributed by atoms with E-state index in [1.165, 1.54) is 0 Å². The third kappa shape index (κ3) is 14.9. The van der Waals surface area contributed by atoms with Crippen molar-refractivity contribution in [1.82, 2.24) is 0 Å². The van der Waals surface area contributed by atoms with Gasteiger partial charge in [0, 0.05) is 28.0 Å². The van der Waals surface area contributed by atoms with Crippen molar-refractivity contribution in [3.63, 3.8) is 0 Å². The second-order valence-corrected chi connectivity index (χ2v) is 7.04. The van der Waals surface area contributed by atoms with Gasteiger partial charge in [-0.05, 0) is 12.8 Å². The molecule has 0 N–H and O–H groups in total. The van der Waals surface area contributed by atoms with E-state index in [9.17, 15) is 38.3 Å². The number of rotatable bonds is 10. The van der Waals surface area contributed by atoms with Gasteiger partial charge in [-0.2, -0.15) is 0 Å². The van der Waals surface area contributed by atoms with Crippen LogP contribution in [-0.4, -0.2) is 11.0 Å². The van der Waals surface area contributed by atoms with Crippen LogP contribution in [0.1, 0.15) is 47.8 Å². The second-order valence-electron chi connectivity index (χ2n) is 4.05. The predicted molar refractivity (Wildman–Crippen MR) is 59.8 cm³/mol. The number of hydrogen-bond donors (Lipinski definition) is 0. The first-order valence-electron chi connectivity index (χ1n) is 5.66. The first-order chi connectivity index (χ1) is 8.55. The molecule has 0 aromatic heterocycles. The molecule has 0 aliphatic carbocycles. The Kier molecular flexibility index (Phi) is 17.0. The third-order valence-corrected chi connectivity index (χ3v) is 4.06. The topological polar surface area (TPSA) is 161 Å². The van der Waals surface area contributed by atoms with Crippen LogP contribution in [0.2, 0.25) is 0 Å². The van der Waals surface area contributed by atoms with Crippen LogP contribution < -0.4 is 78.7 Å². The van der Waals surface area contributed by atoms with Gasteiger partial charge < -0.3 is 28.7 Å². The molecule has 0 aliphatic heterocycles. The molecule has 0 aliphatic rings. The number of hydrogen-bond acceptors (Lipinski definition) is 8. The van der Waals surface area contributed by atoms with E-state index >= 15 is 0 Å². The van der Waals surface area contributed by atoms with Crippen LogP contribution in [0.25, 0.3) is 0 Å². The zero-order valence-corrected chi connectivity index (χ0v) is 17.9. The van der Waals surface area contributed by atoms with Crippen molar-refractivity contribution in [3.05, 3.63) is 0 Å². The summed E-state index contributed by atoms with van der Waals surface area (Å²) in [5.74, 6) is 0. The van der Waals surface area contributed by atoms with Crippen LogP contribution in [-0.2, 0) is 18.7 Å². The monoisotopic (exact) mass is 360 g/mol. The van der Waals surface area contributed by atoms with Gasteiger partial charge in [0.15, 0.2) is 11.0 Å². The first-order valence-corrected chi connectivity index (χ1v) is 8.74. The van der Waals surface area contributed by atoms with Crippen molar-refractivity contribution in [3.8, 4) is 0 Å². The summed E-state index contributed by atoms with van der Waals surface area (Å²) in [4.78, 5) is 62.5. The van der Waals surface area contributed by atoms with Crippen molar-refractivity contribution in [2.24, 2.45) is 0 Å². The molecule has 0 aromatic rings. The summed E-state index contributed by atoms with van der Waals surface area (Å²) in [5.41, 5.74) is -2.64. The fourth-order valence-corrected chi connectivity index (χ4v) is 2.22. The number of unbranched alkanes of at least 4 members (excludes halogenated alkanes) is 4. The molecule has 112 valence electrons. The van der Waals surface area contributed by atoms with Crippen LogP contribution in [0.3, 0.4) is 0 Å². The minimum Gasteiger partial charge on any atom is -0.805 e. The molecule has 0 aromatic carbocycles. The van der Waals surface area contributed by atoms with Gasteiger partial charge in [-0.15, -0.1) is 0 Å². The minimum absolute atomic E-state index is 0. The standard InChI is InChI=1S/C9H18O8P2.2Na/c10-8(18(12,13)14)6-4-2-1-3-5-7-9(11)19(15,16)17;;/h1-7H2,(H2,12,13,14)(H2,15,16,17);;/q;2*+1/p-2. The smallest absolute Gasteiger partial charge is 0.805 e. The quantitative estimate of drug-likeness (QED) is 0.211. The van der Waals surface area contributed by atoms with Gasteiger partial charge in [-0.1, -0.05) is 19.3 Å². The Labute approximate surface area is 170 Å². The predicted octanol–water partition coefficient (Wildman–Crippen LogP) is -7.17. The Morgan fingerprint density at radius 2 is 0.905 bits per heavy atom. The van der Waals surface area contributed by atoms with E-state index in [1.54, 1.807) is 0 Å². The molecule has 0 amide bonds. The van der Waals surface area contributed by atoms with Gasteiger partial charge in [0.05, 0.1) is 0 Å². The molecule has 12 heteroatoms. The Hall–Kier alpha value is 1.64. The summed E-state index contributed by atoms with van der Waals surface area (Å²) in [6.45, 7) is 0. The van der Waals surface area contributed by atoms with Crippen molar-refractivity contribution in [1.29, 1.82) is 0 Å². The Balaban J connectivity index is -0.000000270. The molecule has 0 unspecified atom stereocenters. The molecular formula is C9H16Na2O8P2. The summed E-state index contributed by atoms with van der Waals surface area (Å²) >= 11 is 0. The normalized spacial score (nSPS) is 11.2. The summed E-state index contributed by atoms with van der Waals surface area (Å²) in [6, 6.07) is 0. The summed E-state index contributed by atoms with van der Waals surface area (Å²) < 4.78 is 20.5. The van der Waals surface area contributed by atoms with Crippen molar-refractivity contribution in [2.45, 2.75) is 44.9 Å². The van der Waals surface area contributed by atoms with Gasteiger partial charge in [-0.3, -0.25) is 9.59 Å². The third-order valence-electron chi connectivity index (χ3n) is 2.39. The number of carbonyl (C=O) groups is 2. The molecule has 0 saturated heterocycles. The zero-order chi connectivity index (χ0) is 15.1. The van der Waals surface area contributed by atoms with Crippen LogP contribution in [0, 0.1) is 0 Å². The zero-order valence-electron chi connectivity index (χ0n) is 14.1. The van der Waals surface area contributed by atoms with E-state index in [4.69, 9.17) is 0 Å². The van der Waals surface area contributed by atoms with E-state index in [2.05, 4.69) is 0 Å². The van der Waals surface area contributed by atoms with E-state index in [1.807, 2.05) is 0 Å². The number of carbonyl (C=O) groups excluding carboxylic acids is 2. The average Bonchev–Trinajstić information content (AvgIpc) is 2.24. The molecule has 0 atom stereocenters. The van der Waals surface area contributed by atoms with Crippen LogP contribution in [0.4, 0.5) is 0 Å². The van der Waals surface area contributed by atoms with Crippen molar-refractivity contribution in [2.75, 3.05) is 0 Å². The van der Waals surface area contributed by atoms with Gasteiger partial charge in [0.2, 0.25) is 0 Å². The molecule has 21 heavy (non-hydrogen) atoms. The van der Waals surface area contributed by atoms with Gasteiger partial charge in [-0.25, -0.2) is 0 Å². The van der Waals surface area contributed by atoms with Crippen molar-refractivity contribution < 1.29 is 100 Å². The van der Waals surface area contributed by atoms with Gasteiger partial charge in [0.25, 0.3) is 0 Å². The van der Waals surface area contributed by atoms with E-state index in [-0.39, 0.29) is 87.7 Å². The SMILES string of the molecule is O=C(CCCCCCCC(=O)P(=O)([O-])[O-])P(=O)([O-])[O-].[H+].[H+].[Na+].[Na+]. The maximum absolute atomic E-state index is 10.7. The Bertz CT molecular complexity index is 388. The van der Waals surface area contributed by atoms with E-state index < -0.39 is 26.2 Å². The maximum Gasteiger partial charge on any atom is 1.00 e. The summed E-state index contributed by atoms with van der Waals surface area (Å²) in [5, 5.41) is 0. The summed E-state index contributed by atoms with van der Waals surface area (Å²) in [7, 11) is -10.3. The van der Waals surface area contributed by atoms with Crippen LogP contribution in [0.15, 0.2) is 0 Å². The molecular weight excluding hydrogens is 344 g/mol. The fraction of sp³-hybridized carbons (Fsp3) is 0.778. The average molecular weight is 360 g/mol. The molecule has 0 fully saturated rings. The molecule has 8 nitrogen and oxygen atoms in total. The largest absolute Gasteiger partial charge is 1.00 e. The van der Waals surface area contributed by atoms with E-state index in [0.29, 0.717) is 19.3 Å². The van der Waals surface area contributed by atoms with Crippen LogP contribution in [0.5, 0.6) is 0 Å². The molecule has 0 rings (SSSR count). The van der Waals surface area contributed by atoms with E-state index in [0.717, 1.165) is 0 Å². The van der Waals surface area contributed by atoms with Crippen molar-refractivity contribution >= 4 is 26.2 Å². The molecule has 0 radical (unpaired) electrons. The summed E-state index contributed by atoms with van der Waals surface area (Å²) in [6.07, 6.45) is 1.31. The maximum atomic E-state index is 10.7. The molecule has 0 bridgehead atoms. The second kappa shape index (κ2) is 13.0.